The fourth-order valence-corrected chi connectivity index (χ4v) is 3.20. The number of amides is 1. The number of sulfonamides is 1. The smallest absolute Gasteiger partial charge is 0.387 e. The van der Waals surface area contributed by atoms with E-state index in [0.29, 0.717) is 10.0 Å². The van der Waals surface area contributed by atoms with Crippen molar-refractivity contribution in [2.24, 2.45) is 0 Å². The summed E-state index contributed by atoms with van der Waals surface area (Å²) in [5.74, 6) is -0.621. The first-order valence-electron chi connectivity index (χ1n) is 7.69. The van der Waals surface area contributed by atoms with Gasteiger partial charge < -0.3 is 10.1 Å². The number of rotatable bonds is 8. The molecule has 27 heavy (non-hydrogen) atoms. The second kappa shape index (κ2) is 8.89. The first-order chi connectivity index (χ1) is 12.8. The fourth-order valence-electron chi connectivity index (χ4n) is 2.18. The Hall–Kier alpha value is -2.56. The van der Waals surface area contributed by atoms with E-state index in [0.717, 1.165) is 0 Å². The van der Waals surface area contributed by atoms with Crippen molar-refractivity contribution in [2.75, 3.05) is 14.2 Å². The van der Waals surface area contributed by atoms with Crippen molar-refractivity contribution in [1.29, 1.82) is 0 Å². The van der Waals surface area contributed by atoms with Crippen LogP contribution in [0.5, 0.6) is 5.75 Å². The Labute approximate surface area is 155 Å². The molecule has 0 bridgehead atoms. The standard InChI is InChI=1S/C17H18F2N2O5S/c1-21(25-2)27(23,24)14-8-5-7-12(10-14)16(22)20-11-13-6-3-4-9-15(13)26-17(18)19/h3-10,17H,11H2,1-2H3,(H,20,22). The summed E-state index contributed by atoms with van der Waals surface area (Å²) < 4.78 is 54.4. The molecule has 0 unspecified atom stereocenters. The average Bonchev–Trinajstić information content (AvgIpc) is 2.66. The van der Waals surface area contributed by atoms with Crippen LogP contribution in [0.4, 0.5) is 8.78 Å². The molecular weight excluding hydrogens is 382 g/mol. The monoisotopic (exact) mass is 400 g/mol. The molecule has 2 aromatic rings. The number of carbonyl (C=O) groups is 1. The van der Waals surface area contributed by atoms with Crippen LogP contribution in [0.15, 0.2) is 53.4 Å². The summed E-state index contributed by atoms with van der Waals surface area (Å²) in [6.45, 7) is -3.06. The molecule has 0 radical (unpaired) electrons. The molecule has 0 fully saturated rings. The van der Waals surface area contributed by atoms with Gasteiger partial charge in [-0.2, -0.15) is 8.78 Å². The first kappa shape index (κ1) is 20.7. The van der Waals surface area contributed by atoms with Crippen molar-refractivity contribution >= 4 is 15.9 Å². The lowest BCUT2D eigenvalue weighted by molar-refractivity contribution is -0.0504. The quantitative estimate of drug-likeness (QED) is 0.688. The molecule has 2 aromatic carbocycles. The summed E-state index contributed by atoms with van der Waals surface area (Å²) in [7, 11) is -1.48. The fraction of sp³-hybridized carbons (Fsp3) is 0.235. The number of nitrogens with one attached hydrogen (secondary N) is 1. The first-order valence-corrected chi connectivity index (χ1v) is 9.13. The Kier molecular flexibility index (Phi) is 6.83. The van der Waals surface area contributed by atoms with Crippen LogP contribution < -0.4 is 10.1 Å². The number of halogens is 2. The van der Waals surface area contributed by atoms with Crippen molar-refractivity contribution in [3.05, 3.63) is 59.7 Å². The number of hydrogen-bond acceptors (Lipinski definition) is 5. The number of para-hydroxylation sites is 1. The minimum absolute atomic E-state index is 0.0501. The highest BCUT2D eigenvalue weighted by Gasteiger charge is 2.22. The Morgan fingerprint density at radius 2 is 1.89 bits per heavy atom. The van der Waals surface area contributed by atoms with Gasteiger partial charge in [0, 0.05) is 24.7 Å². The van der Waals surface area contributed by atoms with E-state index in [4.69, 9.17) is 0 Å². The lowest BCUT2D eigenvalue weighted by Gasteiger charge is -2.15. The normalized spacial score (nSPS) is 11.6. The summed E-state index contributed by atoms with van der Waals surface area (Å²) in [6, 6.07) is 11.4. The van der Waals surface area contributed by atoms with Crippen molar-refractivity contribution < 1.29 is 31.6 Å². The molecule has 2 rings (SSSR count). The molecule has 7 nitrogen and oxygen atoms in total. The number of hydroxylamine groups is 1. The highest BCUT2D eigenvalue weighted by Crippen LogP contribution is 2.20. The molecule has 146 valence electrons. The average molecular weight is 400 g/mol. The number of benzene rings is 2. The van der Waals surface area contributed by atoms with Gasteiger partial charge in [-0.3, -0.25) is 9.63 Å². The third-order valence-corrected chi connectivity index (χ3v) is 5.29. The lowest BCUT2D eigenvalue weighted by Crippen LogP contribution is -2.27. The summed E-state index contributed by atoms with van der Waals surface area (Å²) in [5.41, 5.74) is 0.446. The van der Waals surface area contributed by atoms with E-state index in [1.807, 2.05) is 0 Å². The van der Waals surface area contributed by atoms with E-state index in [1.54, 1.807) is 6.07 Å². The van der Waals surface area contributed by atoms with Crippen molar-refractivity contribution in [3.8, 4) is 5.75 Å². The van der Waals surface area contributed by atoms with Crippen LogP contribution in [0.3, 0.4) is 0 Å². The summed E-state index contributed by atoms with van der Waals surface area (Å²) >= 11 is 0. The molecule has 0 aliphatic heterocycles. The van der Waals surface area contributed by atoms with Crippen molar-refractivity contribution in [3.63, 3.8) is 0 Å². The largest absolute Gasteiger partial charge is 0.434 e. The number of carbonyl (C=O) groups excluding carboxylic acids is 1. The third kappa shape index (κ3) is 5.22. The van der Waals surface area contributed by atoms with Crippen LogP contribution in [0.1, 0.15) is 15.9 Å². The Balaban J connectivity index is 2.15. The zero-order chi connectivity index (χ0) is 20.0. The Morgan fingerprint density at radius 3 is 2.56 bits per heavy atom. The van der Waals surface area contributed by atoms with Crippen molar-refractivity contribution in [1.82, 2.24) is 9.79 Å². The Bertz CT molecular complexity index is 906. The SMILES string of the molecule is CON(C)S(=O)(=O)c1cccc(C(=O)NCc2ccccc2OC(F)F)c1. The van der Waals surface area contributed by atoms with Crippen LogP contribution >= 0.6 is 0 Å². The second-order valence-electron chi connectivity index (χ2n) is 5.29. The maximum atomic E-state index is 12.4. The summed E-state index contributed by atoms with van der Waals surface area (Å²) in [6.07, 6.45) is 0. The molecule has 0 spiro atoms. The molecule has 0 saturated heterocycles. The molecule has 10 heteroatoms. The van der Waals surface area contributed by atoms with Gasteiger partial charge in [-0.25, -0.2) is 8.42 Å². The van der Waals surface area contributed by atoms with E-state index in [9.17, 15) is 22.0 Å². The van der Waals surface area contributed by atoms with Crippen LogP contribution in [0.2, 0.25) is 0 Å². The highest BCUT2D eigenvalue weighted by atomic mass is 32.2. The van der Waals surface area contributed by atoms with Crippen LogP contribution in [0, 0.1) is 0 Å². The number of hydrogen-bond donors (Lipinski definition) is 1. The maximum absolute atomic E-state index is 12.4. The molecule has 0 aromatic heterocycles. The van der Waals surface area contributed by atoms with E-state index in [-0.39, 0.29) is 22.8 Å². The second-order valence-corrected chi connectivity index (χ2v) is 7.23. The molecule has 1 N–H and O–H groups in total. The van der Waals surface area contributed by atoms with E-state index in [1.165, 1.54) is 56.6 Å². The lowest BCUT2D eigenvalue weighted by atomic mass is 10.1. The minimum atomic E-state index is -3.90. The zero-order valence-corrected chi connectivity index (χ0v) is 15.4. The van der Waals surface area contributed by atoms with Crippen LogP contribution in [0.25, 0.3) is 0 Å². The summed E-state index contributed by atoms with van der Waals surface area (Å²) in [5, 5.41) is 2.55. The van der Waals surface area contributed by atoms with Crippen molar-refractivity contribution in [2.45, 2.75) is 18.1 Å². The molecule has 0 aliphatic carbocycles. The zero-order valence-electron chi connectivity index (χ0n) is 14.6. The predicted octanol–water partition coefficient (Wildman–Crippen LogP) is 2.40. The van der Waals surface area contributed by atoms with Gasteiger partial charge in [-0.05, 0) is 24.3 Å². The van der Waals surface area contributed by atoms with Crippen LogP contribution in [-0.4, -0.2) is 39.6 Å². The third-order valence-electron chi connectivity index (χ3n) is 3.62. The predicted molar refractivity (Wildman–Crippen MR) is 92.6 cm³/mol. The van der Waals surface area contributed by atoms with Gasteiger partial charge in [0.05, 0.1) is 12.0 Å². The van der Waals surface area contributed by atoms with Gasteiger partial charge in [0.2, 0.25) is 0 Å². The highest BCUT2D eigenvalue weighted by molar-refractivity contribution is 7.89. The van der Waals surface area contributed by atoms with E-state index in [2.05, 4.69) is 14.9 Å². The van der Waals surface area contributed by atoms with E-state index < -0.39 is 22.5 Å². The van der Waals surface area contributed by atoms with Gasteiger partial charge in [0.1, 0.15) is 5.75 Å². The molecular formula is C17H18F2N2O5S. The number of alkyl halides is 2. The van der Waals surface area contributed by atoms with Gasteiger partial charge in [0.25, 0.3) is 15.9 Å². The molecule has 0 saturated carbocycles. The van der Waals surface area contributed by atoms with Gasteiger partial charge >= 0.3 is 6.61 Å². The maximum Gasteiger partial charge on any atom is 0.387 e. The molecule has 0 aliphatic rings. The number of ether oxygens (including phenoxy) is 1. The number of nitrogens with zero attached hydrogens (tertiary/aromatic N) is 1. The Morgan fingerprint density at radius 1 is 1.19 bits per heavy atom. The van der Waals surface area contributed by atoms with Gasteiger partial charge in [-0.15, -0.1) is 0 Å². The van der Waals surface area contributed by atoms with E-state index >= 15 is 0 Å². The molecule has 0 atom stereocenters. The van der Waals surface area contributed by atoms with Gasteiger partial charge in [0.15, 0.2) is 0 Å². The molecule has 1 amide bonds. The topological polar surface area (TPSA) is 84.9 Å². The minimum Gasteiger partial charge on any atom is -0.434 e. The van der Waals surface area contributed by atoms with Crippen LogP contribution in [-0.2, 0) is 21.4 Å². The van der Waals surface area contributed by atoms with Gasteiger partial charge in [-0.1, -0.05) is 28.7 Å². The summed E-state index contributed by atoms with van der Waals surface area (Å²) in [4.78, 5) is 16.9. The molecule has 0 heterocycles.